The summed E-state index contributed by atoms with van der Waals surface area (Å²) in [5.74, 6) is -2.11. The number of hydrogen-bond donors (Lipinski definition) is 4. The van der Waals surface area contributed by atoms with Crippen LogP contribution in [-0.2, 0) is 23.8 Å². The van der Waals surface area contributed by atoms with Gasteiger partial charge < -0.3 is 44.6 Å². The molecule has 40 heavy (non-hydrogen) atoms. The molecule has 0 bridgehead atoms. The van der Waals surface area contributed by atoms with Gasteiger partial charge in [-0.3, -0.25) is 9.59 Å². The van der Waals surface area contributed by atoms with Crippen LogP contribution < -0.4 is 5.32 Å². The van der Waals surface area contributed by atoms with E-state index in [0.29, 0.717) is 39.0 Å². The molecule has 0 aliphatic carbocycles. The summed E-state index contributed by atoms with van der Waals surface area (Å²) < 4.78 is 17.9. The van der Waals surface area contributed by atoms with Crippen molar-refractivity contribution >= 4 is 11.8 Å². The maximum atomic E-state index is 13.5. The number of likely N-dealkylation sites (N-methyl/N-ethyl adjacent to an activating group) is 1. The number of carbonyl (C=O) groups excluding carboxylic acids is 2. The number of rotatable bonds is 3. The second-order valence-corrected chi connectivity index (χ2v) is 13.3. The van der Waals surface area contributed by atoms with Crippen LogP contribution in [0.5, 0.6) is 0 Å². The molecular formula is C29H53N3O8. The van der Waals surface area contributed by atoms with E-state index in [0.717, 1.165) is 0 Å². The third kappa shape index (κ3) is 7.73. The predicted molar refractivity (Wildman–Crippen MR) is 149 cm³/mol. The smallest absolute Gasteiger partial charge is 0.225 e. The molecule has 0 unspecified atom stereocenters. The van der Waals surface area contributed by atoms with E-state index in [1.54, 1.807) is 32.7 Å². The fourth-order valence-electron chi connectivity index (χ4n) is 6.79. The molecule has 232 valence electrons. The molecule has 0 saturated carbocycles. The Labute approximate surface area is 239 Å². The molecule has 4 N–H and O–H groups in total. The van der Waals surface area contributed by atoms with Crippen molar-refractivity contribution < 1.29 is 39.1 Å². The zero-order chi connectivity index (χ0) is 30.0. The lowest BCUT2D eigenvalue weighted by Crippen LogP contribution is -2.60. The van der Waals surface area contributed by atoms with Crippen molar-refractivity contribution in [3.05, 3.63) is 0 Å². The molecule has 3 aliphatic rings. The third-order valence-electron chi connectivity index (χ3n) is 9.21. The van der Waals surface area contributed by atoms with Crippen molar-refractivity contribution in [1.29, 1.82) is 0 Å². The Morgan fingerprint density at radius 2 is 1.70 bits per heavy atom. The Hall–Kier alpha value is -1.34. The van der Waals surface area contributed by atoms with Crippen molar-refractivity contribution in [1.82, 2.24) is 15.1 Å². The largest absolute Gasteiger partial charge is 0.392 e. The van der Waals surface area contributed by atoms with Crippen LogP contribution >= 0.6 is 0 Å². The van der Waals surface area contributed by atoms with E-state index in [-0.39, 0.29) is 42.7 Å². The van der Waals surface area contributed by atoms with Gasteiger partial charge in [0.2, 0.25) is 11.8 Å². The minimum absolute atomic E-state index is 0.0948. The first-order chi connectivity index (χ1) is 18.6. The van der Waals surface area contributed by atoms with Crippen LogP contribution in [0, 0.1) is 17.8 Å². The van der Waals surface area contributed by atoms with E-state index in [1.165, 1.54) is 0 Å². The number of amides is 2. The van der Waals surface area contributed by atoms with Crippen molar-refractivity contribution in [3.8, 4) is 0 Å². The SMILES string of the molecule is C[C@H]1CN(C)C(=O)CC2(CCOCC2)NC(=O)[C@H](C)[C@@H](O)[C@H](C)[C@@H](O[C@@H]2O[C@H](C)C[C@H](N(C)C)[C@H]2O)[C@](C)(O)C1. The van der Waals surface area contributed by atoms with Gasteiger partial charge in [0.1, 0.15) is 6.10 Å². The average molecular weight is 572 g/mol. The second-order valence-electron chi connectivity index (χ2n) is 13.3. The Morgan fingerprint density at radius 3 is 2.30 bits per heavy atom. The molecule has 3 rings (SSSR count). The molecule has 11 heteroatoms. The quantitative estimate of drug-likeness (QED) is 0.386. The van der Waals surface area contributed by atoms with E-state index in [4.69, 9.17) is 14.2 Å². The Bertz CT molecular complexity index is 864. The maximum absolute atomic E-state index is 13.5. The van der Waals surface area contributed by atoms with Gasteiger partial charge in [0.15, 0.2) is 6.29 Å². The van der Waals surface area contributed by atoms with Crippen molar-refractivity contribution in [3.63, 3.8) is 0 Å². The number of aliphatic hydroxyl groups is 3. The summed E-state index contributed by atoms with van der Waals surface area (Å²) in [7, 11) is 5.52. The molecule has 0 radical (unpaired) electrons. The lowest BCUT2D eigenvalue weighted by atomic mass is 9.77. The van der Waals surface area contributed by atoms with Gasteiger partial charge in [0.25, 0.3) is 0 Å². The topological polar surface area (TPSA) is 141 Å². The molecule has 1 spiro atoms. The highest BCUT2D eigenvalue weighted by atomic mass is 16.7. The van der Waals surface area contributed by atoms with Crippen molar-refractivity contribution in [2.75, 3.05) is 40.9 Å². The van der Waals surface area contributed by atoms with Crippen LogP contribution in [0.25, 0.3) is 0 Å². The lowest BCUT2D eigenvalue weighted by molar-refractivity contribution is -0.299. The standard InChI is InChI=1S/C29H53N3O8/c1-17-14-28(5,37)25(40-27-24(35)21(31(6)7)13-18(2)39-27)19(3)23(34)20(4)26(36)30-29(9-11-38-12-10-29)15-22(33)32(8)16-17/h17-21,23-25,27,34-35,37H,9-16H2,1-8H3,(H,30,36)/t17-,18-,19+,20-,21+,23+,24-,25-,27+,28-/m1/s1. The summed E-state index contributed by atoms with van der Waals surface area (Å²) in [5, 5.41) is 37.6. The second kappa shape index (κ2) is 13.3. The summed E-state index contributed by atoms with van der Waals surface area (Å²) in [6.07, 6.45) is -2.30. The average Bonchev–Trinajstić information content (AvgIpc) is 2.86. The molecule has 3 aliphatic heterocycles. The summed E-state index contributed by atoms with van der Waals surface area (Å²) in [5.41, 5.74) is -2.21. The number of nitrogens with zero attached hydrogens (tertiary/aromatic N) is 2. The molecule has 0 aromatic heterocycles. The Kier molecular flexibility index (Phi) is 11.0. The van der Waals surface area contributed by atoms with Crippen LogP contribution in [0.4, 0.5) is 0 Å². The first kappa shape index (κ1) is 33.2. The molecule has 3 saturated heterocycles. The van der Waals surface area contributed by atoms with Crippen LogP contribution in [0.15, 0.2) is 0 Å². The van der Waals surface area contributed by atoms with E-state index in [2.05, 4.69) is 5.32 Å². The number of aliphatic hydroxyl groups excluding tert-OH is 2. The fraction of sp³-hybridized carbons (Fsp3) is 0.931. The minimum atomic E-state index is -1.47. The van der Waals surface area contributed by atoms with E-state index < -0.39 is 47.6 Å². The fourth-order valence-corrected chi connectivity index (χ4v) is 6.79. The number of carbonyl (C=O) groups is 2. The van der Waals surface area contributed by atoms with Crippen LogP contribution in [0.2, 0.25) is 0 Å². The first-order valence-electron chi connectivity index (χ1n) is 14.8. The van der Waals surface area contributed by atoms with Gasteiger partial charge in [-0.05, 0) is 59.5 Å². The third-order valence-corrected chi connectivity index (χ3v) is 9.21. The Morgan fingerprint density at radius 1 is 1.07 bits per heavy atom. The van der Waals surface area contributed by atoms with Gasteiger partial charge in [0.05, 0.1) is 41.8 Å². The molecule has 3 heterocycles. The molecule has 11 nitrogen and oxygen atoms in total. The van der Waals surface area contributed by atoms with Gasteiger partial charge in [0, 0.05) is 38.8 Å². The molecule has 0 aromatic rings. The highest BCUT2D eigenvalue weighted by Gasteiger charge is 2.48. The van der Waals surface area contributed by atoms with Crippen molar-refractivity contribution in [2.45, 2.75) is 115 Å². The molecule has 2 amide bonds. The van der Waals surface area contributed by atoms with Gasteiger partial charge in [-0.2, -0.15) is 0 Å². The van der Waals surface area contributed by atoms with Crippen LogP contribution in [-0.4, -0.2) is 126 Å². The maximum Gasteiger partial charge on any atom is 0.225 e. The van der Waals surface area contributed by atoms with Gasteiger partial charge in [-0.15, -0.1) is 0 Å². The highest BCUT2D eigenvalue weighted by Crippen LogP contribution is 2.36. The summed E-state index contributed by atoms with van der Waals surface area (Å²) in [4.78, 5) is 30.4. The van der Waals surface area contributed by atoms with Crippen LogP contribution in [0.3, 0.4) is 0 Å². The molecule has 0 aromatic carbocycles. The monoisotopic (exact) mass is 571 g/mol. The van der Waals surface area contributed by atoms with Crippen LogP contribution in [0.1, 0.15) is 66.7 Å². The zero-order valence-corrected chi connectivity index (χ0v) is 25.6. The number of nitrogens with one attached hydrogen (secondary N) is 1. The van der Waals surface area contributed by atoms with Gasteiger partial charge >= 0.3 is 0 Å². The first-order valence-corrected chi connectivity index (χ1v) is 14.8. The normalized spacial score (nSPS) is 42.5. The van der Waals surface area contributed by atoms with E-state index in [9.17, 15) is 24.9 Å². The van der Waals surface area contributed by atoms with Crippen molar-refractivity contribution in [2.24, 2.45) is 17.8 Å². The highest BCUT2D eigenvalue weighted by molar-refractivity contribution is 5.82. The van der Waals surface area contributed by atoms with E-state index >= 15 is 0 Å². The summed E-state index contributed by atoms with van der Waals surface area (Å²) >= 11 is 0. The Balaban J connectivity index is 1.95. The molecule has 10 atom stereocenters. The number of hydrogen-bond acceptors (Lipinski definition) is 9. The molecule has 3 fully saturated rings. The lowest BCUT2D eigenvalue weighted by Gasteiger charge is -2.47. The predicted octanol–water partition coefficient (Wildman–Crippen LogP) is 0.735. The van der Waals surface area contributed by atoms with Gasteiger partial charge in [-0.1, -0.05) is 20.8 Å². The van der Waals surface area contributed by atoms with Gasteiger partial charge in [-0.25, -0.2) is 0 Å². The summed E-state index contributed by atoms with van der Waals surface area (Å²) in [6, 6.07) is -0.212. The minimum Gasteiger partial charge on any atom is -0.392 e. The molecular weight excluding hydrogens is 518 g/mol. The number of ether oxygens (including phenoxy) is 3. The summed E-state index contributed by atoms with van der Waals surface area (Å²) in [6.45, 7) is 10.2. The van der Waals surface area contributed by atoms with E-state index in [1.807, 2.05) is 32.8 Å². The zero-order valence-electron chi connectivity index (χ0n) is 25.6.